The molecule has 5 aromatic rings. The highest BCUT2D eigenvalue weighted by Crippen LogP contribution is 2.54. The molecule has 2 saturated carbocycles. The number of ether oxygens (including phenoxy) is 1. The second-order valence-corrected chi connectivity index (χ2v) is 20.2. The van der Waals surface area contributed by atoms with E-state index >= 15 is 0 Å². The lowest BCUT2D eigenvalue weighted by molar-refractivity contribution is -0.384. The van der Waals surface area contributed by atoms with E-state index in [1.165, 1.54) is 43.0 Å². The van der Waals surface area contributed by atoms with Crippen molar-refractivity contribution in [1.82, 2.24) is 24.6 Å². The van der Waals surface area contributed by atoms with Gasteiger partial charge in [0.1, 0.15) is 22.0 Å². The highest BCUT2D eigenvalue weighted by Gasteiger charge is 2.50. The van der Waals surface area contributed by atoms with Crippen LogP contribution in [0.1, 0.15) is 112 Å². The molecule has 16 heteroatoms. The van der Waals surface area contributed by atoms with Crippen LogP contribution < -0.4 is 25.4 Å². The Balaban J connectivity index is 0.899. The fraction of sp³-hybridized carbons (Fsp3) is 0.468. The number of aromatic amines is 1. The van der Waals surface area contributed by atoms with E-state index in [1.807, 2.05) is 12.1 Å². The lowest BCUT2D eigenvalue weighted by Gasteiger charge is -2.56. The number of hydrogen-bond donors (Lipinski definition) is 4. The Labute approximate surface area is 368 Å². The monoisotopic (exact) mass is 875 g/mol. The topological polar surface area (TPSA) is 202 Å². The zero-order valence-corrected chi connectivity index (χ0v) is 36.8. The maximum absolute atomic E-state index is 13.9. The molecular weight excluding hydrogens is 819 g/mol. The SMILES string of the molecule is CC(C)c1ccccc1[C@H]1CCCN1C1CC2(CCN(c3ccc(C(=O)NS(=O)(=O)c4cnc(NCC5CCC(N)CC5)c([N+](=O)[O-])c4)c(Oc4cnc5[nH]ccc5c4)c3)CC2)C1. The molecule has 2 aliphatic carbocycles. The van der Waals surface area contributed by atoms with Crippen LogP contribution in [0.15, 0.2) is 84.1 Å². The molecule has 332 valence electrons. The maximum atomic E-state index is 13.9. The van der Waals surface area contributed by atoms with Gasteiger partial charge in [0.25, 0.3) is 15.9 Å². The number of anilines is 2. The summed E-state index contributed by atoms with van der Waals surface area (Å²) in [6.45, 7) is 7.85. The molecule has 5 N–H and O–H groups in total. The van der Waals surface area contributed by atoms with Crippen LogP contribution in [0, 0.1) is 21.4 Å². The Bertz CT molecular complexity index is 2590. The zero-order valence-electron chi connectivity index (χ0n) is 36.0. The molecule has 4 aliphatic rings. The van der Waals surface area contributed by atoms with Gasteiger partial charge >= 0.3 is 5.69 Å². The van der Waals surface area contributed by atoms with E-state index in [2.05, 4.69) is 72.9 Å². The van der Waals surface area contributed by atoms with E-state index in [4.69, 9.17) is 10.5 Å². The van der Waals surface area contributed by atoms with Crippen molar-refractivity contribution in [2.45, 2.75) is 107 Å². The maximum Gasteiger partial charge on any atom is 0.312 e. The van der Waals surface area contributed by atoms with Crippen LogP contribution in [-0.4, -0.2) is 77.4 Å². The van der Waals surface area contributed by atoms with E-state index in [0.29, 0.717) is 41.4 Å². The van der Waals surface area contributed by atoms with Gasteiger partial charge in [-0.3, -0.25) is 19.8 Å². The number of nitrogens with zero attached hydrogens (tertiary/aromatic N) is 5. The van der Waals surface area contributed by atoms with E-state index in [0.717, 1.165) is 81.5 Å². The smallest absolute Gasteiger partial charge is 0.312 e. The van der Waals surface area contributed by atoms with E-state index < -0.39 is 31.4 Å². The van der Waals surface area contributed by atoms with Gasteiger partial charge in [0.05, 0.1) is 22.9 Å². The van der Waals surface area contributed by atoms with Crippen LogP contribution in [0.4, 0.5) is 17.2 Å². The summed E-state index contributed by atoms with van der Waals surface area (Å²) in [5.41, 5.74) is 10.3. The number of nitrogens with one attached hydrogen (secondary N) is 3. The molecule has 9 rings (SSSR count). The second kappa shape index (κ2) is 17.5. The first kappa shape index (κ1) is 42.7. The number of amides is 1. The summed E-state index contributed by atoms with van der Waals surface area (Å²) < 4.78 is 35.8. The molecule has 5 heterocycles. The van der Waals surface area contributed by atoms with E-state index in [-0.39, 0.29) is 29.1 Å². The summed E-state index contributed by atoms with van der Waals surface area (Å²) in [5, 5.41) is 15.9. The lowest BCUT2D eigenvalue weighted by Crippen LogP contribution is -2.54. The Morgan fingerprint density at radius 2 is 1.78 bits per heavy atom. The van der Waals surface area contributed by atoms with Gasteiger partial charge in [0.15, 0.2) is 0 Å². The fourth-order valence-electron chi connectivity index (χ4n) is 10.5. The number of aromatic nitrogens is 3. The Morgan fingerprint density at radius 3 is 2.54 bits per heavy atom. The summed E-state index contributed by atoms with van der Waals surface area (Å²) in [5.74, 6) is 0.283. The zero-order chi connectivity index (χ0) is 43.9. The van der Waals surface area contributed by atoms with Crippen molar-refractivity contribution in [3.63, 3.8) is 0 Å². The first-order chi connectivity index (χ1) is 30.3. The molecule has 15 nitrogen and oxygen atoms in total. The van der Waals surface area contributed by atoms with Crippen LogP contribution >= 0.6 is 0 Å². The minimum Gasteiger partial charge on any atom is -0.455 e. The first-order valence-electron chi connectivity index (χ1n) is 22.4. The van der Waals surface area contributed by atoms with Crippen LogP contribution in [0.5, 0.6) is 11.5 Å². The molecule has 1 amide bonds. The number of fused-ring (bicyclic) bond motifs is 1. The molecule has 1 spiro atoms. The number of H-pyrrole nitrogens is 1. The van der Waals surface area contributed by atoms with Gasteiger partial charge in [0.2, 0.25) is 5.82 Å². The number of rotatable bonds is 13. The summed E-state index contributed by atoms with van der Waals surface area (Å²) in [6.07, 6.45) is 14.8. The Morgan fingerprint density at radius 1 is 1.00 bits per heavy atom. The molecule has 3 aromatic heterocycles. The van der Waals surface area contributed by atoms with Gasteiger partial charge in [-0.15, -0.1) is 0 Å². The van der Waals surface area contributed by atoms with Crippen LogP contribution in [-0.2, 0) is 10.0 Å². The number of carbonyl (C=O) groups excluding carboxylic acids is 1. The minimum absolute atomic E-state index is 0.0287. The third-order valence-corrected chi connectivity index (χ3v) is 15.4. The number of carbonyl (C=O) groups is 1. The van der Waals surface area contributed by atoms with Crippen molar-refractivity contribution in [3.05, 3.63) is 106 Å². The lowest BCUT2D eigenvalue weighted by atomic mass is 9.59. The van der Waals surface area contributed by atoms with Crippen LogP contribution in [0.25, 0.3) is 11.0 Å². The quantitative estimate of drug-likeness (QED) is 0.0651. The van der Waals surface area contributed by atoms with Crippen LogP contribution in [0.2, 0.25) is 0 Å². The van der Waals surface area contributed by atoms with Crippen LogP contribution in [0.3, 0.4) is 0 Å². The molecule has 0 radical (unpaired) electrons. The summed E-state index contributed by atoms with van der Waals surface area (Å²) in [7, 11) is -4.60. The van der Waals surface area contributed by atoms with Gasteiger partial charge in [-0.1, -0.05) is 38.1 Å². The molecular formula is C47H57N9O6S. The molecule has 2 saturated heterocycles. The summed E-state index contributed by atoms with van der Waals surface area (Å²) in [4.78, 5) is 41.5. The predicted molar refractivity (Wildman–Crippen MR) is 243 cm³/mol. The average molecular weight is 876 g/mol. The molecule has 2 aliphatic heterocycles. The number of likely N-dealkylation sites (tertiary alicyclic amines) is 1. The Hall–Kier alpha value is -5.58. The number of piperidine rings is 1. The van der Waals surface area contributed by atoms with Gasteiger partial charge < -0.3 is 25.7 Å². The van der Waals surface area contributed by atoms with Crippen molar-refractivity contribution in [2.75, 3.05) is 36.4 Å². The highest BCUT2D eigenvalue weighted by atomic mass is 32.2. The molecule has 0 unspecified atom stereocenters. The minimum atomic E-state index is -4.60. The van der Waals surface area contributed by atoms with Gasteiger partial charge in [0, 0.05) is 67.2 Å². The van der Waals surface area contributed by atoms with Gasteiger partial charge in [-0.25, -0.2) is 23.1 Å². The fourth-order valence-corrected chi connectivity index (χ4v) is 11.5. The predicted octanol–water partition coefficient (Wildman–Crippen LogP) is 8.42. The number of sulfonamides is 1. The number of nitro groups is 1. The number of nitrogens with two attached hydrogens (primary N) is 1. The number of benzene rings is 2. The molecule has 1 atom stereocenters. The Kier molecular flexibility index (Phi) is 11.9. The summed E-state index contributed by atoms with van der Waals surface area (Å²) >= 11 is 0. The summed E-state index contributed by atoms with van der Waals surface area (Å²) in [6, 6.07) is 19.9. The first-order valence-corrected chi connectivity index (χ1v) is 23.9. The number of pyridine rings is 2. The van der Waals surface area contributed by atoms with Crippen molar-refractivity contribution in [2.24, 2.45) is 17.1 Å². The average Bonchev–Trinajstić information content (AvgIpc) is 3.95. The molecule has 0 bridgehead atoms. The van der Waals surface area contributed by atoms with Gasteiger partial charge in [-0.05, 0) is 123 Å². The molecule has 4 fully saturated rings. The second-order valence-electron chi connectivity index (χ2n) is 18.5. The van der Waals surface area contributed by atoms with Crippen molar-refractivity contribution in [3.8, 4) is 11.5 Å². The third kappa shape index (κ3) is 8.98. The van der Waals surface area contributed by atoms with Gasteiger partial charge in [-0.2, -0.15) is 0 Å². The highest BCUT2D eigenvalue weighted by molar-refractivity contribution is 7.90. The molecule has 63 heavy (non-hydrogen) atoms. The van der Waals surface area contributed by atoms with Crippen molar-refractivity contribution >= 4 is 44.2 Å². The number of hydrogen-bond acceptors (Lipinski definition) is 12. The third-order valence-electron chi connectivity index (χ3n) is 14.1. The molecule has 2 aromatic carbocycles. The van der Waals surface area contributed by atoms with Crippen molar-refractivity contribution < 1.29 is 22.9 Å². The normalized spacial score (nSPS) is 21.7. The van der Waals surface area contributed by atoms with E-state index in [9.17, 15) is 23.3 Å². The van der Waals surface area contributed by atoms with E-state index in [1.54, 1.807) is 24.4 Å². The van der Waals surface area contributed by atoms with Crippen molar-refractivity contribution in [1.29, 1.82) is 0 Å². The largest absolute Gasteiger partial charge is 0.455 e. The standard InChI is InChI=1S/C47H57N9O6S/c1-30(2)38-6-3-4-7-39(38)41-8-5-19-55(41)35-25-47(26-35)16-20-54(21-17-47)34-13-14-40(43(23-34)62-36-22-32-15-18-49-44(32)51-28-36)46(57)53-63(60,61)37-24-42(56(58)59)45(52-29-37)50-27-31-9-11-33(48)12-10-31/h3-4,6-7,13-15,18,22-24,28-31,33,35,41H,5,8-12,16-17,19-21,25-27,48H2,1-2H3,(H,49,51)(H,50,52)(H,53,57)/t31?,33?,41-/m1/s1.